The number of anilines is 2. The first-order valence-corrected chi connectivity index (χ1v) is 9.07. The Morgan fingerprint density at radius 3 is 2.65 bits per heavy atom. The Balaban J connectivity index is 1.24. The predicted molar refractivity (Wildman–Crippen MR) is 103 cm³/mol. The predicted octanol–water partition coefficient (Wildman–Crippen LogP) is 2.66. The quantitative estimate of drug-likeness (QED) is 0.860. The van der Waals surface area contributed by atoms with Crippen molar-refractivity contribution >= 4 is 11.4 Å². The highest BCUT2D eigenvalue weighted by atomic mass is 16.7. The third kappa shape index (κ3) is 3.65. The summed E-state index contributed by atoms with van der Waals surface area (Å²) in [7, 11) is 1.73. The molecule has 0 bridgehead atoms. The molecule has 2 aromatic carbocycles. The van der Waals surface area contributed by atoms with Gasteiger partial charge in [-0.1, -0.05) is 12.1 Å². The lowest BCUT2D eigenvalue weighted by molar-refractivity contribution is 0.174. The van der Waals surface area contributed by atoms with Crippen LogP contribution in [0.4, 0.5) is 11.4 Å². The maximum Gasteiger partial charge on any atom is 0.231 e. The summed E-state index contributed by atoms with van der Waals surface area (Å²) in [6, 6.07) is 14.2. The van der Waals surface area contributed by atoms with Gasteiger partial charge in [-0.3, -0.25) is 4.90 Å². The molecule has 2 heterocycles. The van der Waals surface area contributed by atoms with E-state index in [0.717, 1.165) is 62.2 Å². The van der Waals surface area contributed by atoms with Gasteiger partial charge in [0.15, 0.2) is 11.5 Å². The van der Waals surface area contributed by atoms with E-state index >= 15 is 0 Å². The molecule has 2 aromatic rings. The molecule has 0 spiro atoms. The number of fused-ring (bicyclic) bond motifs is 1. The molecule has 0 amide bonds. The van der Waals surface area contributed by atoms with Crippen molar-refractivity contribution in [1.29, 1.82) is 0 Å². The van der Waals surface area contributed by atoms with Crippen molar-refractivity contribution in [3.8, 4) is 17.2 Å². The number of rotatable bonds is 6. The second-order valence-electron chi connectivity index (χ2n) is 6.50. The molecule has 2 aliphatic rings. The average molecular weight is 355 g/mol. The van der Waals surface area contributed by atoms with Gasteiger partial charge in [0.25, 0.3) is 0 Å². The molecular weight excluding hydrogens is 330 g/mol. The topological polar surface area (TPSA) is 46.2 Å². The molecular formula is C20H25N3O3. The minimum absolute atomic E-state index is 0.315. The normalized spacial score (nSPS) is 16.6. The molecule has 1 fully saturated rings. The first-order chi connectivity index (χ1) is 12.8. The molecule has 0 radical (unpaired) electrons. The second kappa shape index (κ2) is 7.74. The Labute approximate surface area is 154 Å². The summed E-state index contributed by atoms with van der Waals surface area (Å²) in [4.78, 5) is 4.90. The summed E-state index contributed by atoms with van der Waals surface area (Å²) in [5.41, 5.74) is 2.26. The van der Waals surface area contributed by atoms with Gasteiger partial charge in [0.1, 0.15) is 5.75 Å². The highest BCUT2D eigenvalue weighted by Crippen LogP contribution is 2.34. The van der Waals surface area contributed by atoms with E-state index in [2.05, 4.69) is 27.2 Å². The van der Waals surface area contributed by atoms with Crippen LogP contribution in [-0.2, 0) is 0 Å². The van der Waals surface area contributed by atoms with Gasteiger partial charge in [0, 0.05) is 51.0 Å². The zero-order chi connectivity index (χ0) is 17.8. The summed E-state index contributed by atoms with van der Waals surface area (Å²) in [5, 5.41) is 3.47. The smallest absolute Gasteiger partial charge is 0.231 e. The van der Waals surface area contributed by atoms with E-state index < -0.39 is 0 Å². The van der Waals surface area contributed by atoms with Gasteiger partial charge in [-0.05, 0) is 24.3 Å². The van der Waals surface area contributed by atoms with Crippen LogP contribution in [0.1, 0.15) is 0 Å². The summed E-state index contributed by atoms with van der Waals surface area (Å²) in [6.07, 6.45) is 0. The Bertz CT molecular complexity index is 745. The summed E-state index contributed by atoms with van der Waals surface area (Å²) in [6.45, 7) is 6.40. The fraction of sp³-hybridized carbons (Fsp3) is 0.400. The first-order valence-electron chi connectivity index (χ1n) is 9.07. The van der Waals surface area contributed by atoms with Gasteiger partial charge in [-0.15, -0.1) is 0 Å². The van der Waals surface area contributed by atoms with Crippen molar-refractivity contribution in [2.24, 2.45) is 0 Å². The summed E-state index contributed by atoms with van der Waals surface area (Å²) in [5.74, 6) is 2.59. The van der Waals surface area contributed by atoms with E-state index in [-0.39, 0.29) is 0 Å². The van der Waals surface area contributed by atoms with Crippen LogP contribution in [0.2, 0.25) is 0 Å². The Morgan fingerprint density at radius 1 is 1.00 bits per heavy atom. The summed E-state index contributed by atoms with van der Waals surface area (Å²) < 4.78 is 16.3. The number of benzene rings is 2. The molecule has 0 aromatic heterocycles. The molecule has 26 heavy (non-hydrogen) atoms. The van der Waals surface area contributed by atoms with Gasteiger partial charge in [0.2, 0.25) is 6.79 Å². The van der Waals surface area contributed by atoms with E-state index in [0.29, 0.717) is 6.79 Å². The van der Waals surface area contributed by atoms with Crippen LogP contribution in [0.25, 0.3) is 0 Å². The van der Waals surface area contributed by atoms with E-state index in [1.54, 1.807) is 7.11 Å². The lowest BCUT2D eigenvalue weighted by Crippen LogP contribution is -2.47. The van der Waals surface area contributed by atoms with Gasteiger partial charge >= 0.3 is 0 Å². The van der Waals surface area contributed by atoms with Crippen LogP contribution < -0.4 is 24.4 Å². The van der Waals surface area contributed by atoms with Crippen LogP contribution in [0.5, 0.6) is 17.2 Å². The average Bonchev–Trinajstić information content (AvgIpc) is 3.16. The third-order valence-corrected chi connectivity index (χ3v) is 4.93. The highest BCUT2D eigenvalue weighted by molar-refractivity contribution is 5.58. The first kappa shape index (κ1) is 16.8. The number of hydrogen-bond acceptors (Lipinski definition) is 6. The third-order valence-electron chi connectivity index (χ3n) is 4.93. The van der Waals surface area contributed by atoms with E-state index in [1.807, 2.05) is 30.3 Å². The van der Waals surface area contributed by atoms with Crippen molar-refractivity contribution in [3.63, 3.8) is 0 Å². The maximum absolute atomic E-state index is 5.49. The number of ether oxygens (including phenoxy) is 3. The van der Waals surface area contributed by atoms with Crippen LogP contribution in [0, 0.1) is 0 Å². The molecule has 0 atom stereocenters. The second-order valence-corrected chi connectivity index (χ2v) is 6.50. The minimum atomic E-state index is 0.315. The molecule has 138 valence electrons. The number of para-hydroxylation sites is 2. The molecule has 6 heteroatoms. The fourth-order valence-electron chi connectivity index (χ4n) is 3.47. The SMILES string of the molecule is COc1ccccc1N1CCN(CCNc2ccc3c(c2)OCO3)CC1. The standard InChI is InChI=1S/C20H25N3O3/c1-24-18-5-3-2-4-17(18)23-12-10-22(11-13-23)9-8-21-16-6-7-19-20(14-16)26-15-25-19/h2-7,14,21H,8-13,15H2,1H3. The van der Waals surface area contributed by atoms with Crippen LogP contribution >= 0.6 is 0 Å². The zero-order valence-electron chi connectivity index (χ0n) is 15.1. The monoisotopic (exact) mass is 355 g/mol. The van der Waals surface area contributed by atoms with Crippen molar-refractivity contribution in [3.05, 3.63) is 42.5 Å². The zero-order valence-corrected chi connectivity index (χ0v) is 15.1. The fourth-order valence-corrected chi connectivity index (χ4v) is 3.47. The molecule has 1 saturated heterocycles. The number of methoxy groups -OCH3 is 1. The maximum atomic E-state index is 5.49. The number of hydrogen-bond donors (Lipinski definition) is 1. The van der Waals surface area contributed by atoms with Gasteiger partial charge in [-0.25, -0.2) is 0 Å². The van der Waals surface area contributed by atoms with E-state index in [1.165, 1.54) is 5.69 Å². The van der Waals surface area contributed by atoms with Crippen molar-refractivity contribution in [1.82, 2.24) is 4.90 Å². The van der Waals surface area contributed by atoms with Crippen molar-refractivity contribution < 1.29 is 14.2 Å². The number of nitrogens with zero attached hydrogens (tertiary/aromatic N) is 2. The van der Waals surface area contributed by atoms with Crippen LogP contribution in [0.15, 0.2) is 42.5 Å². The Hall–Kier alpha value is -2.60. The summed E-state index contributed by atoms with van der Waals surface area (Å²) >= 11 is 0. The molecule has 0 unspecified atom stereocenters. The molecule has 4 rings (SSSR count). The highest BCUT2D eigenvalue weighted by Gasteiger charge is 2.19. The van der Waals surface area contributed by atoms with Crippen molar-refractivity contribution in [2.75, 3.05) is 63.4 Å². The molecule has 0 aliphatic carbocycles. The lowest BCUT2D eigenvalue weighted by atomic mass is 10.2. The Kier molecular flexibility index (Phi) is 5.02. The molecule has 1 N–H and O–H groups in total. The van der Waals surface area contributed by atoms with Gasteiger partial charge in [-0.2, -0.15) is 0 Å². The minimum Gasteiger partial charge on any atom is -0.495 e. The van der Waals surface area contributed by atoms with Crippen LogP contribution in [-0.4, -0.2) is 58.1 Å². The van der Waals surface area contributed by atoms with E-state index in [9.17, 15) is 0 Å². The van der Waals surface area contributed by atoms with Gasteiger partial charge in [0.05, 0.1) is 12.8 Å². The molecule has 2 aliphatic heterocycles. The van der Waals surface area contributed by atoms with Crippen LogP contribution in [0.3, 0.4) is 0 Å². The van der Waals surface area contributed by atoms with Crippen molar-refractivity contribution in [2.45, 2.75) is 0 Å². The molecule has 0 saturated carbocycles. The molecule has 6 nitrogen and oxygen atoms in total. The largest absolute Gasteiger partial charge is 0.495 e. The van der Waals surface area contributed by atoms with E-state index in [4.69, 9.17) is 14.2 Å². The number of nitrogens with one attached hydrogen (secondary N) is 1. The number of piperazine rings is 1. The lowest BCUT2D eigenvalue weighted by Gasteiger charge is -2.36. The Morgan fingerprint density at radius 2 is 1.81 bits per heavy atom. The van der Waals surface area contributed by atoms with Gasteiger partial charge < -0.3 is 24.4 Å².